The van der Waals surface area contributed by atoms with E-state index in [2.05, 4.69) is 11.9 Å². The van der Waals surface area contributed by atoms with Gasteiger partial charge in [-0.3, -0.25) is 9.59 Å². The molecule has 3 N–H and O–H groups in total. The fourth-order valence-electron chi connectivity index (χ4n) is 4.82. The van der Waals surface area contributed by atoms with Crippen LogP contribution in [0.1, 0.15) is 35.7 Å². The number of amides is 2. The molecular formula is C23H28FN5O4. The normalized spacial score (nSPS) is 18.3. The highest BCUT2D eigenvalue weighted by atomic mass is 19.1. The molecule has 0 bridgehead atoms. The van der Waals surface area contributed by atoms with Gasteiger partial charge in [0.1, 0.15) is 17.1 Å². The summed E-state index contributed by atoms with van der Waals surface area (Å²) in [7, 11) is 2.71. The third kappa shape index (κ3) is 4.01. The molecule has 2 aromatic rings. The molecule has 2 amide bonds. The Morgan fingerprint density at radius 1 is 1.21 bits per heavy atom. The van der Waals surface area contributed by atoms with Crippen LogP contribution in [0.15, 0.2) is 24.8 Å². The molecule has 2 aliphatic rings. The van der Waals surface area contributed by atoms with Crippen LogP contribution in [0.5, 0.6) is 11.5 Å². The van der Waals surface area contributed by atoms with Crippen molar-refractivity contribution >= 4 is 17.6 Å². The lowest BCUT2D eigenvalue weighted by atomic mass is 9.87. The Balaban J connectivity index is 1.73. The SMILES string of the molecule is C=CC(=O)N1CCC(C2CCNc3c(C(N)=O)c(-c4cc(OC)c(F)c(OC)c4)nn32)CC1. The van der Waals surface area contributed by atoms with Crippen molar-refractivity contribution in [2.75, 3.05) is 39.2 Å². The van der Waals surface area contributed by atoms with Gasteiger partial charge in [0.15, 0.2) is 11.5 Å². The Bertz CT molecular complexity index is 1070. The second-order valence-electron chi connectivity index (χ2n) is 8.23. The van der Waals surface area contributed by atoms with Crippen LogP contribution >= 0.6 is 0 Å². The third-order valence-electron chi connectivity index (χ3n) is 6.49. The molecule has 1 aromatic heterocycles. The van der Waals surface area contributed by atoms with Crippen LogP contribution in [-0.4, -0.2) is 60.3 Å². The lowest BCUT2D eigenvalue weighted by Gasteiger charge is -2.38. The zero-order valence-electron chi connectivity index (χ0n) is 18.8. The molecule has 1 atom stereocenters. The molecule has 2 aliphatic heterocycles. The van der Waals surface area contributed by atoms with E-state index in [0.717, 1.165) is 19.3 Å². The molecule has 0 radical (unpaired) electrons. The van der Waals surface area contributed by atoms with Gasteiger partial charge in [0, 0.05) is 25.2 Å². The van der Waals surface area contributed by atoms with Crippen LogP contribution in [0.2, 0.25) is 0 Å². The second-order valence-corrected chi connectivity index (χ2v) is 8.23. The standard InChI is InChI=1S/C23H28FN5O4/c1-4-18(30)28-9-6-13(7-10-28)15-5-8-26-23-19(22(25)31)21(27-29(15)23)14-11-16(32-2)20(24)17(12-14)33-3/h4,11-13,15,26H,1,5-10H2,2-3H3,(H2,25,31). The molecule has 33 heavy (non-hydrogen) atoms. The highest BCUT2D eigenvalue weighted by Gasteiger charge is 2.36. The number of nitrogens with zero attached hydrogens (tertiary/aromatic N) is 3. The quantitative estimate of drug-likeness (QED) is 0.645. The summed E-state index contributed by atoms with van der Waals surface area (Å²) in [6, 6.07) is 3.00. The summed E-state index contributed by atoms with van der Waals surface area (Å²) >= 11 is 0. The van der Waals surface area contributed by atoms with Crippen molar-refractivity contribution in [3.63, 3.8) is 0 Å². The summed E-state index contributed by atoms with van der Waals surface area (Å²) in [5.41, 5.74) is 6.81. The second kappa shape index (κ2) is 9.13. The molecule has 1 saturated heterocycles. The van der Waals surface area contributed by atoms with Gasteiger partial charge in [0.2, 0.25) is 11.7 Å². The van der Waals surface area contributed by atoms with Gasteiger partial charge in [-0.1, -0.05) is 6.58 Å². The number of rotatable bonds is 6. The van der Waals surface area contributed by atoms with Gasteiger partial charge in [0.05, 0.1) is 20.3 Å². The zero-order valence-corrected chi connectivity index (χ0v) is 18.8. The Labute approximate surface area is 191 Å². The van der Waals surface area contributed by atoms with Crippen LogP contribution in [0.4, 0.5) is 10.2 Å². The van der Waals surface area contributed by atoms with E-state index in [1.165, 1.54) is 32.4 Å². The summed E-state index contributed by atoms with van der Waals surface area (Å²) in [4.78, 5) is 26.2. The van der Waals surface area contributed by atoms with Gasteiger partial charge in [-0.15, -0.1) is 0 Å². The first kappa shape index (κ1) is 22.6. The summed E-state index contributed by atoms with van der Waals surface area (Å²) < 4.78 is 26.6. The van der Waals surface area contributed by atoms with E-state index in [-0.39, 0.29) is 34.9 Å². The van der Waals surface area contributed by atoms with E-state index < -0.39 is 11.7 Å². The van der Waals surface area contributed by atoms with Crippen LogP contribution in [0, 0.1) is 11.7 Å². The number of halogens is 1. The molecule has 1 aromatic carbocycles. The first-order valence-corrected chi connectivity index (χ1v) is 10.9. The van der Waals surface area contributed by atoms with Crippen molar-refractivity contribution in [2.45, 2.75) is 25.3 Å². The number of methoxy groups -OCH3 is 2. The number of fused-ring (bicyclic) bond motifs is 1. The van der Waals surface area contributed by atoms with E-state index in [4.69, 9.17) is 20.3 Å². The minimum atomic E-state index is -0.634. The number of benzene rings is 1. The van der Waals surface area contributed by atoms with Gasteiger partial charge in [0.25, 0.3) is 5.91 Å². The van der Waals surface area contributed by atoms with Gasteiger partial charge >= 0.3 is 0 Å². The Hall–Kier alpha value is -3.56. The Morgan fingerprint density at radius 3 is 2.39 bits per heavy atom. The zero-order chi connectivity index (χ0) is 23.7. The number of carbonyl (C=O) groups excluding carboxylic acids is 2. The maximum atomic E-state index is 14.5. The van der Waals surface area contributed by atoms with Gasteiger partial charge < -0.3 is 25.4 Å². The van der Waals surface area contributed by atoms with E-state index in [0.29, 0.717) is 36.7 Å². The summed E-state index contributed by atoms with van der Waals surface area (Å²) in [5.74, 6) is -0.524. The minimum Gasteiger partial charge on any atom is -0.494 e. The van der Waals surface area contributed by atoms with Crippen molar-refractivity contribution in [1.82, 2.24) is 14.7 Å². The number of nitrogens with one attached hydrogen (secondary N) is 1. The first-order chi connectivity index (χ1) is 15.9. The summed E-state index contributed by atoms with van der Waals surface area (Å²) in [6.45, 7) is 5.53. The van der Waals surface area contributed by atoms with Gasteiger partial charge in [-0.25, -0.2) is 4.68 Å². The predicted molar refractivity (Wildman–Crippen MR) is 121 cm³/mol. The molecule has 10 heteroatoms. The summed E-state index contributed by atoms with van der Waals surface area (Å²) in [6.07, 6.45) is 3.81. The van der Waals surface area contributed by atoms with Gasteiger partial charge in [-0.2, -0.15) is 9.49 Å². The lowest BCUT2D eigenvalue weighted by Crippen LogP contribution is -2.41. The lowest BCUT2D eigenvalue weighted by molar-refractivity contribution is -0.127. The molecule has 176 valence electrons. The number of ether oxygens (including phenoxy) is 2. The fraction of sp³-hybridized carbons (Fsp3) is 0.435. The van der Waals surface area contributed by atoms with Crippen molar-refractivity contribution < 1.29 is 23.5 Å². The largest absolute Gasteiger partial charge is 0.494 e. The number of hydrogen-bond acceptors (Lipinski definition) is 6. The minimum absolute atomic E-state index is 0.0190. The molecule has 0 spiro atoms. The number of piperidine rings is 1. The number of primary amides is 1. The predicted octanol–water partition coefficient (Wildman–Crippen LogP) is 2.59. The Kier molecular flexibility index (Phi) is 6.26. The number of hydrogen-bond donors (Lipinski definition) is 2. The maximum absolute atomic E-state index is 14.5. The number of anilines is 1. The molecule has 4 rings (SSSR count). The van der Waals surface area contributed by atoms with Crippen molar-refractivity contribution in [2.24, 2.45) is 11.7 Å². The van der Waals surface area contributed by atoms with Crippen molar-refractivity contribution in [3.8, 4) is 22.8 Å². The average Bonchev–Trinajstić information content (AvgIpc) is 3.24. The van der Waals surface area contributed by atoms with Crippen LogP contribution < -0.4 is 20.5 Å². The maximum Gasteiger partial charge on any atom is 0.254 e. The molecule has 0 aliphatic carbocycles. The summed E-state index contributed by atoms with van der Waals surface area (Å²) in [5, 5.41) is 8.03. The van der Waals surface area contributed by atoms with E-state index in [1.54, 1.807) is 4.90 Å². The first-order valence-electron chi connectivity index (χ1n) is 10.9. The number of likely N-dealkylation sites (tertiary alicyclic amines) is 1. The van der Waals surface area contributed by atoms with Gasteiger partial charge in [-0.05, 0) is 43.4 Å². The molecule has 1 fully saturated rings. The molecule has 1 unspecified atom stereocenters. The Morgan fingerprint density at radius 2 is 1.85 bits per heavy atom. The highest BCUT2D eigenvalue weighted by molar-refractivity contribution is 6.04. The number of nitrogens with two attached hydrogens (primary N) is 1. The fourth-order valence-corrected chi connectivity index (χ4v) is 4.82. The topological polar surface area (TPSA) is 112 Å². The molecule has 9 nitrogen and oxygen atoms in total. The van der Waals surface area contributed by atoms with Crippen molar-refractivity contribution in [1.29, 1.82) is 0 Å². The average molecular weight is 458 g/mol. The van der Waals surface area contributed by atoms with Crippen LogP contribution in [0.25, 0.3) is 11.3 Å². The van der Waals surface area contributed by atoms with E-state index in [1.807, 2.05) is 4.68 Å². The molecule has 3 heterocycles. The molecular weight excluding hydrogens is 429 g/mol. The third-order valence-corrected chi connectivity index (χ3v) is 6.49. The number of carbonyl (C=O) groups is 2. The monoisotopic (exact) mass is 457 g/mol. The van der Waals surface area contributed by atoms with Crippen LogP contribution in [0.3, 0.4) is 0 Å². The number of aromatic nitrogens is 2. The van der Waals surface area contributed by atoms with E-state index in [9.17, 15) is 14.0 Å². The van der Waals surface area contributed by atoms with Crippen molar-refractivity contribution in [3.05, 3.63) is 36.2 Å². The van der Waals surface area contributed by atoms with E-state index >= 15 is 0 Å². The smallest absolute Gasteiger partial charge is 0.254 e. The molecule has 0 saturated carbocycles. The highest BCUT2D eigenvalue weighted by Crippen LogP contribution is 2.41. The van der Waals surface area contributed by atoms with Crippen LogP contribution in [-0.2, 0) is 4.79 Å².